The van der Waals surface area contributed by atoms with Gasteiger partial charge in [-0.1, -0.05) is 90.4 Å². The van der Waals surface area contributed by atoms with Crippen LogP contribution < -0.4 is 0 Å². The lowest BCUT2D eigenvalue weighted by molar-refractivity contribution is -0.139. The van der Waals surface area contributed by atoms with Crippen LogP contribution in [0.15, 0.2) is 11.6 Å². The number of carbonyl (C=O) groups is 2. The van der Waals surface area contributed by atoms with E-state index < -0.39 is 18.3 Å². The van der Waals surface area contributed by atoms with Gasteiger partial charge in [0.25, 0.3) is 0 Å². The van der Waals surface area contributed by atoms with Gasteiger partial charge in [-0.05, 0) is 57.9 Å². The zero-order chi connectivity index (χ0) is 30.6. The van der Waals surface area contributed by atoms with Crippen molar-refractivity contribution < 1.29 is 34.4 Å². The zero-order valence-electron chi connectivity index (χ0n) is 26.8. The Morgan fingerprint density at radius 2 is 1.24 bits per heavy atom. The SMILES string of the molecule is CCCCCCCCCCCC[C@H](O)[C@@H]1CC[C@H]([C@H](O)CCCCCC(=O)CCCC[C@@H](O)CC2=C[C@H](C)OC2=O)O1. The van der Waals surface area contributed by atoms with Crippen LogP contribution in [0.5, 0.6) is 0 Å². The predicted octanol–water partition coefficient (Wildman–Crippen LogP) is 7.27. The van der Waals surface area contributed by atoms with Gasteiger partial charge < -0.3 is 24.8 Å². The maximum Gasteiger partial charge on any atom is 0.334 e. The highest BCUT2D eigenvalue weighted by atomic mass is 16.5. The third-order valence-corrected chi connectivity index (χ3v) is 8.94. The summed E-state index contributed by atoms with van der Waals surface area (Å²) in [5, 5.41) is 31.3. The highest BCUT2D eigenvalue weighted by Gasteiger charge is 2.34. The first-order valence-corrected chi connectivity index (χ1v) is 17.4. The first-order chi connectivity index (χ1) is 20.3. The molecule has 0 saturated carbocycles. The Morgan fingerprint density at radius 3 is 1.76 bits per heavy atom. The van der Waals surface area contributed by atoms with Crippen LogP contribution in [0.1, 0.15) is 162 Å². The first kappa shape index (κ1) is 36.9. The molecule has 0 unspecified atom stereocenters. The van der Waals surface area contributed by atoms with E-state index in [9.17, 15) is 24.9 Å². The molecule has 0 aromatic carbocycles. The quantitative estimate of drug-likeness (QED) is 0.0713. The number of cyclic esters (lactones) is 1. The van der Waals surface area contributed by atoms with E-state index in [1.54, 1.807) is 13.0 Å². The molecular weight excluding hydrogens is 532 g/mol. The molecule has 1 saturated heterocycles. The van der Waals surface area contributed by atoms with Gasteiger partial charge in [0, 0.05) is 24.8 Å². The second kappa shape index (κ2) is 22.3. The summed E-state index contributed by atoms with van der Waals surface area (Å²) < 4.78 is 11.1. The molecule has 0 spiro atoms. The van der Waals surface area contributed by atoms with E-state index in [0.717, 1.165) is 57.8 Å². The summed E-state index contributed by atoms with van der Waals surface area (Å²) in [7, 11) is 0. The summed E-state index contributed by atoms with van der Waals surface area (Å²) in [6.45, 7) is 4.05. The smallest absolute Gasteiger partial charge is 0.334 e. The van der Waals surface area contributed by atoms with Crippen molar-refractivity contribution in [1.82, 2.24) is 0 Å². The molecule has 7 heteroatoms. The molecule has 1 fully saturated rings. The third kappa shape index (κ3) is 16.0. The molecule has 0 amide bonds. The lowest BCUT2D eigenvalue weighted by Crippen LogP contribution is -2.31. The van der Waals surface area contributed by atoms with Crippen LogP contribution in [-0.2, 0) is 19.1 Å². The van der Waals surface area contributed by atoms with E-state index in [1.165, 1.54) is 57.8 Å². The topological polar surface area (TPSA) is 113 Å². The van der Waals surface area contributed by atoms with Gasteiger partial charge in [-0.25, -0.2) is 4.79 Å². The standard InChI is InChI=1S/C35H62O7/c1-3-4-5-6-7-8-9-10-11-14-21-31(38)33-23-24-34(42-33)32(39)22-15-12-13-18-29(36)19-16-17-20-30(37)26-28-25-27(2)41-35(28)40/h25,27,30-34,37-39H,3-24,26H2,1-2H3/t27-,30+,31-,32+,33-,34+/m0/s1. The van der Waals surface area contributed by atoms with Crippen molar-refractivity contribution in [2.45, 2.75) is 198 Å². The number of esters is 1. The van der Waals surface area contributed by atoms with Gasteiger partial charge in [-0.3, -0.25) is 4.79 Å². The maximum absolute atomic E-state index is 12.2. The van der Waals surface area contributed by atoms with E-state index >= 15 is 0 Å². The second-order valence-corrected chi connectivity index (χ2v) is 12.9. The molecule has 2 aliphatic heterocycles. The number of rotatable bonds is 26. The molecule has 0 radical (unpaired) electrons. The van der Waals surface area contributed by atoms with Crippen LogP contribution in [0.4, 0.5) is 0 Å². The summed E-state index contributed by atoms with van der Waals surface area (Å²) in [6.07, 6.45) is 21.7. The molecule has 7 nitrogen and oxygen atoms in total. The van der Waals surface area contributed by atoms with Gasteiger partial charge in [0.2, 0.25) is 0 Å². The third-order valence-electron chi connectivity index (χ3n) is 8.94. The number of Topliss-reactive ketones (excluding diaryl/α,β-unsaturated/α-hetero) is 1. The number of ketones is 1. The Kier molecular flexibility index (Phi) is 19.6. The van der Waals surface area contributed by atoms with Crippen molar-refractivity contribution in [1.29, 1.82) is 0 Å². The Balaban J connectivity index is 1.41. The van der Waals surface area contributed by atoms with Crippen molar-refractivity contribution >= 4 is 11.8 Å². The van der Waals surface area contributed by atoms with Crippen LogP contribution >= 0.6 is 0 Å². The normalized spacial score (nSPS) is 22.6. The van der Waals surface area contributed by atoms with Crippen molar-refractivity contribution in [3.05, 3.63) is 11.6 Å². The highest BCUT2D eigenvalue weighted by molar-refractivity contribution is 5.90. The minimum absolute atomic E-state index is 0.151. The average Bonchev–Trinajstić information content (AvgIpc) is 3.58. The molecule has 42 heavy (non-hydrogen) atoms. The maximum atomic E-state index is 12.2. The second-order valence-electron chi connectivity index (χ2n) is 12.9. The Morgan fingerprint density at radius 1 is 0.762 bits per heavy atom. The van der Waals surface area contributed by atoms with E-state index in [4.69, 9.17) is 9.47 Å². The fourth-order valence-electron chi connectivity index (χ4n) is 6.28. The minimum Gasteiger partial charge on any atom is -0.455 e. The Bertz CT molecular complexity index is 766. The fraction of sp³-hybridized carbons (Fsp3) is 0.886. The van der Waals surface area contributed by atoms with Crippen molar-refractivity contribution in [3.8, 4) is 0 Å². The van der Waals surface area contributed by atoms with Gasteiger partial charge in [0.1, 0.15) is 11.9 Å². The molecule has 0 aliphatic carbocycles. The number of unbranched alkanes of at least 4 members (excludes halogenated alkanes) is 12. The molecule has 6 atom stereocenters. The molecule has 2 heterocycles. The summed E-state index contributed by atoms with van der Waals surface area (Å²) in [5.74, 6) is -0.0860. The average molecular weight is 595 g/mol. The van der Waals surface area contributed by atoms with Crippen molar-refractivity contribution in [2.24, 2.45) is 0 Å². The Labute approximate surface area is 255 Å². The number of aliphatic hydroxyl groups is 3. The molecule has 2 aliphatic rings. The van der Waals surface area contributed by atoms with Crippen LogP contribution in [0.2, 0.25) is 0 Å². The van der Waals surface area contributed by atoms with Crippen LogP contribution in [-0.4, -0.2) is 63.7 Å². The Hall–Kier alpha value is -1.28. The van der Waals surface area contributed by atoms with Gasteiger partial charge >= 0.3 is 5.97 Å². The van der Waals surface area contributed by atoms with Crippen LogP contribution in [0.25, 0.3) is 0 Å². The first-order valence-electron chi connectivity index (χ1n) is 17.4. The molecule has 244 valence electrons. The number of ether oxygens (including phenoxy) is 2. The predicted molar refractivity (Wildman–Crippen MR) is 167 cm³/mol. The molecule has 0 aromatic rings. The van der Waals surface area contributed by atoms with Gasteiger partial charge in [0.05, 0.1) is 30.5 Å². The van der Waals surface area contributed by atoms with Crippen LogP contribution in [0, 0.1) is 0 Å². The van der Waals surface area contributed by atoms with Gasteiger partial charge in [0.15, 0.2) is 0 Å². The van der Waals surface area contributed by atoms with Gasteiger partial charge in [-0.15, -0.1) is 0 Å². The molecule has 0 bridgehead atoms. The van der Waals surface area contributed by atoms with E-state index in [0.29, 0.717) is 37.7 Å². The lowest BCUT2D eigenvalue weighted by Gasteiger charge is -2.22. The summed E-state index contributed by atoms with van der Waals surface area (Å²) in [5.41, 5.74) is 0.549. The number of carbonyl (C=O) groups excluding carboxylic acids is 2. The zero-order valence-corrected chi connectivity index (χ0v) is 26.8. The molecule has 0 aromatic heterocycles. The number of hydrogen-bond donors (Lipinski definition) is 3. The summed E-state index contributed by atoms with van der Waals surface area (Å²) in [4.78, 5) is 23.9. The fourth-order valence-corrected chi connectivity index (χ4v) is 6.28. The van der Waals surface area contributed by atoms with Crippen LogP contribution in [0.3, 0.4) is 0 Å². The lowest BCUT2D eigenvalue weighted by atomic mass is 9.99. The van der Waals surface area contributed by atoms with E-state index in [1.807, 2.05) is 0 Å². The molecule has 3 N–H and O–H groups in total. The van der Waals surface area contributed by atoms with E-state index in [2.05, 4.69) is 6.92 Å². The summed E-state index contributed by atoms with van der Waals surface area (Å²) in [6, 6.07) is 0. The number of aliphatic hydroxyl groups excluding tert-OH is 3. The monoisotopic (exact) mass is 594 g/mol. The number of hydrogen-bond acceptors (Lipinski definition) is 7. The molecule has 2 rings (SSSR count). The van der Waals surface area contributed by atoms with Crippen molar-refractivity contribution in [3.63, 3.8) is 0 Å². The van der Waals surface area contributed by atoms with Crippen molar-refractivity contribution in [2.75, 3.05) is 0 Å². The summed E-state index contributed by atoms with van der Waals surface area (Å²) >= 11 is 0. The molecular formula is C35H62O7. The largest absolute Gasteiger partial charge is 0.455 e. The minimum atomic E-state index is -0.581. The van der Waals surface area contributed by atoms with Gasteiger partial charge in [-0.2, -0.15) is 0 Å². The van der Waals surface area contributed by atoms with E-state index in [-0.39, 0.29) is 30.1 Å². The highest BCUT2D eigenvalue weighted by Crippen LogP contribution is 2.28.